The minimum atomic E-state index is -0.623. The van der Waals surface area contributed by atoms with Gasteiger partial charge in [-0.05, 0) is 47.9 Å². The van der Waals surface area contributed by atoms with Crippen molar-refractivity contribution >= 4 is 22.5 Å². The first kappa shape index (κ1) is 17.6. The predicted octanol–water partition coefficient (Wildman–Crippen LogP) is 6.20. The Kier molecular flexibility index (Phi) is 4.82. The maximum absolute atomic E-state index is 13.9. The molecule has 0 saturated heterocycles. The van der Waals surface area contributed by atoms with E-state index in [9.17, 15) is 8.78 Å². The molecule has 0 aliphatic rings. The van der Waals surface area contributed by atoms with Crippen LogP contribution in [-0.4, -0.2) is 4.57 Å². The van der Waals surface area contributed by atoms with E-state index >= 15 is 0 Å². The molecule has 4 rings (SSSR count). The van der Waals surface area contributed by atoms with Crippen LogP contribution < -0.4 is 4.74 Å². The zero-order valence-corrected chi connectivity index (χ0v) is 15.1. The van der Waals surface area contributed by atoms with Gasteiger partial charge in [-0.2, -0.15) is 0 Å². The number of fused-ring (bicyclic) bond motifs is 1. The summed E-state index contributed by atoms with van der Waals surface area (Å²) in [5.74, 6) is -0.620. The first-order valence-electron chi connectivity index (χ1n) is 8.49. The van der Waals surface area contributed by atoms with Crippen LogP contribution in [0.25, 0.3) is 10.9 Å². The second-order valence-electron chi connectivity index (χ2n) is 6.28. The lowest BCUT2D eigenvalue weighted by Crippen LogP contribution is -2.04. The number of ether oxygens (including phenoxy) is 1. The number of nitrogens with zero attached hydrogens (tertiary/aromatic N) is 1. The quantitative estimate of drug-likeness (QED) is 0.400. The average molecular weight is 384 g/mol. The molecule has 0 radical (unpaired) electrons. The molecule has 0 saturated carbocycles. The monoisotopic (exact) mass is 383 g/mol. The Morgan fingerprint density at radius 2 is 1.74 bits per heavy atom. The second kappa shape index (κ2) is 7.41. The summed E-state index contributed by atoms with van der Waals surface area (Å²) in [6.07, 6.45) is 2.01. The van der Waals surface area contributed by atoms with Crippen LogP contribution in [0.4, 0.5) is 8.78 Å². The molecule has 0 atom stereocenters. The Bertz CT molecular complexity index is 1110. The normalized spacial score (nSPS) is 11.1. The summed E-state index contributed by atoms with van der Waals surface area (Å²) in [5.41, 5.74) is 2.28. The third-order valence-corrected chi connectivity index (χ3v) is 4.68. The largest absolute Gasteiger partial charge is 0.488 e. The minimum Gasteiger partial charge on any atom is -0.488 e. The molecule has 4 aromatic rings. The molecular formula is C22H16ClF2NO. The van der Waals surface area contributed by atoms with Gasteiger partial charge in [-0.15, -0.1) is 0 Å². The Morgan fingerprint density at radius 1 is 0.889 bits per heavy atom. The number of aromatic nitrogens is 1. The molecule has 0 amide bonds. The van der Waals surface area contributed by atoms with E-state index in [1.807, 2.05) is 36.5 Å². The van der Waals surface area contributed by atoms with Gasteiger partial charge in [-0.1, -0.05) is 29.8 Å². The maximum atomic E-state index is 13.9. The SMILES string of the molecule is Fc1ccc(COc2ccc(Cl)cc2Cn2ccc3ccccc32)c(F)c1. The van der Waals surface area contributed by atoms with E-state index in [4.69, 9.17) is 16.3 Å². The van der Waals surface area contributed by atoms with Crippen molar-refractivity contribution in [1.82, 2.24) is 4.57 Å². The summed E-state index contributed by atoms with van der Waals surface area (Å²) >= 11 is 6.17. The Labute approximate surface area is 160 Å². The third-order valence-electron chi connectivity index (χ3n) is 4.44. The van der Waals surface area contributed by atoms with Crippen LogP contribution in [0.1, 0.15) is 11.1 Å². The molecule has 0 N–H and O–H groups in total. The fourth-order valence-electron chi connectivity index (χ4n) is 3.07. The van der Waals surface area contributed by atoms with Crippen molar-refractivity contribution in [1.29, 1.82) is 0 Å². The highest BCUT2D eigenvalue weighted by atomic mass is 35.5. The summed E-state index contributed by atoms with van der Waals surface area (Å²) in [4.78, 5) is 0. The molecule has 0 spiro atoms. The number of hydrogen-bond acceptors (Lipinski definition) is 1. The lowest BCUT2D eigenvalue weighted by Gasteiger charge is -2.14. The average Bonchev–Trinajstić information content (AvgIpc) is 3.05. The van der Waals surface area contributed by atoms with Crippen molar-refractivity contribution in [2.75, 3.05) is 0 Å². The van der Waals surface area contributed by atoms with Crippen molar-refractivity contribution in [3.63, 3.8) is 0 Å². The zero-order chi connectivity index (χ0) is 18.8. The minimum absolute atomic E-state index is 0.00712. The van der Waals surface area contributed by atoms with Crippen molar-refractivity contribution in [3.05, 3.63) is 101 Å². The Balaban J connectivity index is 1.60. The summed E-state index contributed by atoms with van der Waals surface area (Å²) in [6, 6.07) is 18.9. The topological polar surface area (TPSA) is 14.2 Å². The molecule has 0 fully saturated rings. The van der Waals surface area contributed by atoms with E-state index in [0.717, 1.165) is 22.5 Å². The van der Waals surface area contributed by atoms with E-state index < -0.39 is 11.6 Å². The van der Waals surface area contributed by atoms with Crippen LogP contribution in [0, 0.1) is 11.6 Å². The molecule has 27 heavy (non-hydrogen) atoms. The fourth-order valence-corrected chi connectivity index (χ4v) is 3.26. The maximum Gasteiger partial charge on any atom is 0.132 e. The summed E-state index contributed by atoms with van der Waals surface area (Å²) in [7, 11) is 0. The van der Waals surface area contributed by atoms with Crippen LogP contribution in [0.15, 0.2) is 72.9 Å². The first-order chi connectivity index (χ1) is 13.1. The van der Waals surface area contributed by atoms with Gasteiger partial charge in [-0.25, -0.2) is 8.78 Å². The van der Waals surface area contributed by atoms with Crippen LogP contribution in [0.5, 0.6) is 5.75 Å². The van der Waals surface area contributed by atoms with Crippen molar-refractivity contribution in [2.24, 2.45) is 0 Å². The van der Waals surface area contributed by atoms with Crippen LogP contribution in [0.2, 0.25) is 5.02 Å². The summed E-state index contributed by atoms with van der Waals surface area (Å²) < 4.78 is 34.8. The molecule has 1 heterocycles. The van der Waals surface area contributed by atoms with Gasteiger partial charge in [0.1, 0.15) is 24.0 Å². The highest BCUT2D eigenvalue weighted by Crippen LogP contribution is 2.27. The molecule has 0 aliphatic carbocycles. The molecule has 136 valence electrons. The molecule has 0 unspecified atom stereocenters. The van der Waals surface area contributed by atoms with Crippen LogP contribution in [0.3, 0.4) is 0 Å². The number of benzene rings is 3. The zero-order valence-electron chi connectivity index (χ0n) is 14.3. The Hall–Kier alpha value is -2.85. The molecular weight excluding hydrogens is 368 g/mol. The van der Waals surface area contributed by atoms with Gasteiger partial charge >= 0.3 is 0 Å². The number of hydrogen-bond donors (Lipinski definition) is 0. The van der Waals surface area contributed by atoms with E-state index in [1.54, 1.807) is 12.1 Å². The van der Waals surface area contributed by atoms with Crippen molar-refractivity contribution in [3.8, 4) is 5.75 Å². The van der Waals surface area contributed by atoms with Gasteiger partial charge in [-0.3, -0.25) is 0 Å². The van der Waals surface area contributed by atoms with Gasteiger partial charge < -0.3 is 9.30 Å². The van der Waals surface area contributed by atoms with Gasteiger partial charge in [0.05, 0.1) is 6.54 Å². The third kappa shape index (κ3) is 3.81. The van der Waals surface area contributed by atoms with Gasteiger partial charge in [0.2, 0.25) is 0 Å². The lowest BCUT2D eigenvalue weighted by atomic mass is 10.2. The van der Waals surface area contributed by atoms with Crippen molar-refractivity contribution < 1.29 is 13.5 Å². The van der Waals surface area contributed by atoms with Gasteiger partial charge in [0.25, 0.3) is 0 Å². The second-order valence-corrected chi connectivity index (χ2v) is 6.72. The van der Waals surface area contributed by atoms with Gasteiger partial charge in [0.15, 0.2) is 0 Å². The standard InChI is InChI=1S/C22H16ClF2NO/c23-18-6-8-22(27-14-16-5-7-19(24)12-20(16)25)17(11-18)13-26-10-9-15-3-1-2-4-21(15)26/h1-12H,13-14H2. The number of halogens is 3. The van der Waals surface area contributed by atoms with E-state index in [1.165, 1.54) is 12.1 Å². The number of rotatable bonds is 5. The molecule has 2 nitrogen and oxygen atoms in total. The fraction of sp³-hybridized carbons (Fsp3) is 0.0909. The van der Waals surface area contributed by atoms with Crippen LogP contribution >= 0.6 is 11.6 Å². The predicted molar refractivity (Wildman–Crippen MR) is 103 cm³/mol. The van der Waals surface area contributed by atoms with E-state index in [-0.39, 0.29) is 6.61 Å². The smallest absolute Gasteiger partial charge is 0.132 e. The first-order valence-corrected chi connectivity index (χ1v) is 8.87. The molecule has 0 bridgehead atoms. The van der Waals surface area contributed by atoms with E-state index in [0.29, 0.717) is 22.9 Å². The lowest BCUT2D eigenvalue weighted by molar-refractivity contribution is 0.296. The van der Waals surface area contributed by atoms with Crippen molar-refractivity contribution in [2.45, 2.75) is 13.2 Å². The van der Waals surface area contributed by atoms with Gasteiger partial charge in [0, 0.05) is 33.9 Å². The highest BCUT2D eigenvalue weighted by Gasteiger charge is 2.10. The molecule has 1 aromatic heterocycles. The summed E-state index contributed by atoms with van der Waals surface area (Å²) in [5, 5.41) is 1.75. The number of para-hydroxylation sites is 1. The summed E-state index contributed by atoms with van der Waals surface area (Å²) in [6.45, 7) is 0.572. The molecule has 5 heteroatoms. The highest BCUT2D eigenvalue weighted by molar-refractivity contribution is 6.30. The van der Waals surface area contributed by atoms with E-state index in [2.05, 4.69) is 10.6 Å². The molecule has 3 aromatic carbocycles. The Morgan fingerprint density at radius 3 is 2.59 bits per heavy atom. The van der Waals surface area contributed by atoms with Crippen LogP contribution in [-0.2, 0) is 13.2 Å². The molecule has 0 aliphatic heterocycles.